The Kier molecular flexibility index (Phi) is 6.11. The molecule has 0 radical (unpaired) electrons. The molecule has 0 aliphatic heterocycles. The number of carbonyl (C=O) groups excluding carboxylic acids is 1. The van der Waals surface area contributed by atoms with Gasteiger partial charge >= 0.3 is 0 Å². The molecule has 6 nitrogen and oxygen atoms in total. The minimum atomic E-state index is -0.508. The second-order valence-electron chi connectivity index (χ2n) is 3.98. The lowest BCUT2D eigenvalue weighted by molar-refractivity contribution is 0.0904. The van der Waals surface area contributed by atoms with Gasteiger partial charge in [0, 0.05) is 12.2 Å². The number of aromatic hydroxyl groups is 1. The molecule has 1 amide bonds. The van der Waals surface area contributed by atoms with Crippen LogP contribution in [0, 0.1) is 0 Å². The second kappa shape index (κ2) is 7.60. The number of rotatable bonds is 7. The van der Waals surface area contributed by atoms with Crippen LogP contribution in [-0.4, -0.2) is 47.1 Å². The average molecular weight is 269 g/mol. The molecule has 0 bridgehead atoms. The van der Waals surface area contributed by atoms with Gasteiger partial charge in [-0.05, 0) is 31.5 Å². The molecular weight excluding hydrogens is 250 g/mol. The van der Waals surface area contributed by atoms with Gasteiger partial charge in [-0.15, -0.1) is 0 Å². The fraction of sp³-hybridized carbons (Fsp3) is 0.462. The van der Waals surface area contributed by atoms with E-state index in [-0.39, 0.29) is 30.9 Å². The Morgan fingerprint density at radius 1 is 1.42 bits per heavy atom. The Morgan fingerprint density at radius 3 is 2.68 bits per heavy atom. The van der Waals surface area contributed by atoms with E-state index in [9.17, 15) is 9.90 Å². The molecule has 0 aliphatic rings. The lowest BCUT2D eigenvalue weighted by atomic mass is 10.1. The largest absolute Gasteiger partial charge is 0.504 e. The number of amides is 1. The van der Waals surface area contributed by atoms with Gasteiger partial charge in [0.2, 0.25) is 0 Å². The number of phenols is 1. The van der Waals surface area contributed by atoms with Crippen LogP contribution >= 0.6 is 0 Å². The predicted octanol–water partition coefficient (Wildman–Crippen LogP) is 0.264. The molecule has 19 heavy (non-hydrogen) atoms. The van der Waals surface area contributed by atoms with E-state index < -0.39 is 11.9 Å². The molecule has 6 heteroatoms. The summed E-state index contributed by atoms with van der Waals surface area (Å²) in [6, 6.07) is 3.82. The van der Waals surface area contributed by atoms with Crippen molar-refractivity contribution in [2.45, 2.75) is 19.4 Å². The molecule has 0 spiro atoms. The van der Waals surface area contributed by atoms with Gasteiger partial charge in [-0.1, -0.05) is 0 Å². The van der Waals surface area contributed by atoms with Crippen LogP contribution in [0.5, 0.6) is 11.5 Å². The van der Waals surface area contributed by atoms with Crippen LogP contribution in [0.3, 0.4) is 0 Å². The summed E-state index contributed by atoms with van der Waals surface area (Å²) >= 11 is 0. The Hall–Kier alpha value is -1.79. The van der Waals surface area contributed by atoms with Crippen LogP contribution in [0.25, 0.3) is 0 Å². The first-order chi connectivity index (χ1) is 9.12. The molecule has 1 aromatic rings. The highest BCUT2D eigenvalue weighted by molar-refractivity contribution is 5.95. The molecule has 0 saturated heterocycles. The third kappa shape index (κ3) is 4.42. The number of aliphatic hydroxyl groups excluding tert-OH is 2. The summed E-state index contributed by atoms with van der Waals surface area (Å²) in [4.78, 5) is 11.9. The minimum Gasteiger partial charge on any atom is -0.504 e. The molecule has 0 saturated carbocycles. The lowest BCUT2D eigenvalue weighted by Crippen LogP contribution is -2.38. The standard InChI is InChI=1S/C13H19NO5/c1-2-19-12-4-3-9(7-11(12)17)13(18)14-10(8-16)5-6-15/h3-4,7,10,15-17H,2,5-6,8H2,1H3,(H,14,18). The highest BCUT2D eigenvalue weighted by atomic mass is 16.5. The number of phenolic OH excluding ortho intramolecular Hbond substituents is 1. The summed E-state index contributed by atoms with van der Waals surface area (Å²) in [6.07, 6.45) is 0.269. The highest BCUT2D eigenvalue weighted by Crippen LogP contribution is 2.26. The molecule has 0 aliphatic carbocycles. The van der Waals surface area contributed by atoms with E-state index in [4.69, 9.17) is 14.9 Å². The van der Waals surface area contributed by atoms with Crippen LogP contribution < -0.4 is 10.1 Å². The number of hydrogen-bond acceptors (Lipinski definition) is 5. The van der Waals surface area contributed by atoms with Crippen LogP contribution in [0.1, 0.15) is 23.7 Å². The van der Waals surface area contributed by atoms with Crippen LogP contribution in [0.15, 0.2) is 18.2 Å². The monoisotopic (exact) mass is 269 g/mol. The normalized spacial score (nSPS) is 11.9. The maximum Gasteiger partial charge on any atom is 0.251 e. The highest BCUT2D eigenvalue weighted by Gasteiger charge is 2.14. The van der Waals surface area contributed by atoms with E-state index >= 15 is 0 Å². The fourth-order valence-electron chi connectivity index (χ4n) is 1.57. The number of nitrogens with one attached hydrogen (secondary N) is 1. The molecule has 1 unspecified atom stereocenters. The third-order valence-electron chi connectivity index (χ3n) is 2.55. The lowest BCUT2D eigenvalue weighted by Gasteiger charge is -2.15. The molecule has 0 aromatic heterocycles. The van der Waals surface area contributed by atoms with Gasteiger partial charge in [-0.2, -0.15) is 0 Å². The van der Waals surface area contributed by atoms with Gasteiger partial charge in [-0.25, -0.2) is 0 Å². The second-order valence-corrected chi connectivity index (χ2v) is 3.98. The maximum absolute atomic E-state index is 11.9. The summed E-state index contributed by atoms with van der Waals surface area (Å²) < 4.78 is 5.16. The summed E-state index contributed by atoms with van der Waals surface area (Å²) in [6.45, 7) is 1.83. The van der Waals surface area contributed by atoms with Gasteiger partial charge < -0.3 is 25.4 Å². The van der Waals surface area contributed by atoms with Crippen molar-refractivity contribution in [2.24, 2.45) is 0 Å². The Bertz CT molecular complexity index is 421. The van der Waals surface area contributed by atoms with Crippen LogP contribution in [-0.2, 0) is 0 Å². The van der Waals surface area contributed by atoms with Gasteiger partial charge in [0.1, 0.15) is 0 Å². The average Bonchev–Trinajstić information content (AvgIpc) is 2.40. The molecule has 1 atom stereocenters. The van der Waals surface area contributed by atoms with Crippen molar-refractivity contribution in [2.75, 3.05) is 19.8 Å². The maximum atomic E-state index is 11.9. The zero-order chi connectivity index (χ0) is 14.3. The van der Waals surface area contributed by atoms with Crippen molar-refractivity contribution in [1.82, 2.24) is 5.32 Å². The first-order valence-electron chi connectivity index (χ1n) is 6.10. The SMILES string of the molecule is CCOc1ccc(C(=O)NC(CO)CCO)cc1O. The zero-order valence-corrected chi connectivity index (χ0v) is 10.8. The number of carbonyl (C=O) groups is 1. The Labute approximate surface area is 111 Å². The van der Waals surface area contributed by atoms with E-state index in [1.807, 2.05) is 0 Å². The zero-order valence-electron chi connectivity index (χ0n) is 10.8. The van der Waals surface area contributed by atoms with E-state index in [0.29, 0.717) is 12.4 Å². The smallest absolute Gasteiger partial charge is 0.251 e. The summed E-state index contributed by atoms with van der Waals surface area (Å²) in [5.41, 5.74) is 0.261. The third-order valence-corrected chi connectivity index (χ3v) is 2.55. The predicted molar refractivity (Wildman–Crippen MR) is 69.3 cm³/mol. The Morgan fingerprint density at radius 2 is 2.16 bits per heavy atom. The first-order valence-corrected chi connectivity index (χ1v) is 6.10. The van der Waals surface area contributed by atoms with Crippen LogP contribution in [0.4, 0.5) is 0 Å². The van der Waals surface area contributed by atoms with Gasteiger partial charge in [-0.3, -0.25) is 4.79 Å². The molecule has 1 aromatic carbocycles. The summed E-state index contributed by atoms with van der Waals surface area (Å²) in [5, 5.41) is 30.0. The molecule has 0 heterocycles. The summed E-state index contributed by atoms with van der Waals surface area (Å²) in [7, 11) is 0. The molecule has 106 valence electrons. The summed E-state index contributed by atoms with van der Waals surface area (Å²) in [5.74, 6) is -0.226. The molecule has 1 rings (SSSR count). The molecule has 4 N–H and O–H groups in total. The van der Waals surface area contributed by atoms with Crippen molar-refractivity contribution < 1.29 is 24.9 Å². The van der Waals surface area contributed by atoms with E-state index in [2.05, 4.69) is 5.32 Å². The Balaban J connectivity index is 2.74. The number of hydrogen-bond donors (Lipinski definition) is 4. The van der Waals surface area contributed by atoms with E-state index in [0.717, 1.165) is 0 Å². The fourth-order valence-corrected chi connectivity index (χ4v) is 1.57. The van der Waals surface area contributed by atoms with Crippen molar-refractivity contribution in [3.8, 4) is 11.5 Å². The number of benzene rings is 1. The minimum absolute atomic E-state index is 0.114. The molecule has 0 fully saturated rings. The van der Waals surface area contributed by atoms with Crippen molar-refractivity contribution >= 4 is 5.91 Å². The van der Waals surface area contributed by atoms with Crippen molar-refractivity contribution in [3.05, 3.63) is 23.8 Å². The van der Waals surface area contributed by atoms with Crippen molar-refractivity contribution in [3.63, 3.8) is 0 Å². The topological polar surface area (TPSA) is 99.0 Å². The van der Waals surface area contributed by atoms with Gasteiger partial charge in [0.05, 0.1) is 19.3 Å². The van der Waals surface area contributed by atoms with Crippen molar-refractivity contribution in [1.29, 1.82) is 0 Å². The van der Waals surface area contributed by atoms with Gasteiger partial charge in [0.25, 0.3) is 5.91 Å². The quantitative estimate of drug-likeness (QED) is 0.569. The number of aliphatic hydroxyl groups is 2. The molecular formula is C13H19NO5. The number of ether oxygens (including phenoxy) is 1. The van der Waals surface area contributed by atoms with Gasteiger partial charge in [0.15, 0.2) is 11.5 Å². The van der Waals surface area contributed by atoms with E-state index in [1.54, 1.807) is 6.92 Å². The first kappa shape index (κ1) is 15.3. The van der Waals surface area contributed by atoms with Crippen LogP contribution in [0.2, 0.25) is 0 Å². The van der Waals surface area contributed by atoms with E-state index in [1.165, 1.54) is 18.2 Å².